The summed E-state index contributed by atoms with van der Waals surface area (Å²) < 4.78 is 8.79. The SMILES string of the molecule is CC(C)(C)c1ccc(-n2c(-c3ccccc3O)nc3c(-c4cc(-c5cc6oc7ccc8ccccc8c7c6cn5)cc(C(C)(C)c5ccccc5)c4)cccc32)c(-c2ccccc2)c1. The Morgan fingerprint density at radius 2 is 1.23 bits per heavy atom. The molecule has 5 heteroatoms. The average molecular weight is 830 g/mol. The Morgan fingerprint density at radius 1 is 0.516 bits per heavy atom. The first-order valence-corrected chi connectivity index (χ1v) is 21.9. The van der Waals surface area contributed by atoms with Gasteiger partial charge < -0.3 is 9.52 Å². The standard InChI is InChI=1S/C59H47N3O2/c1-58(2,3)42-28-29-50(47(34-42)37-17-8-6-9-18-37)62-51-25-16-24-45(56(51)61-57(62)46-23-14-15-26-52(46)63)39-31-40(33-43(32-39)59(4,5)41-20-10-7-11-21-41)49-35-54-48(36-60-49)55-44-22-13-12-19-38(44)27-30-53(55)64-54/h6-36,63H,1-5H3. The lowest BCUT2D eigenvalue weighted by atomic mass is 9.76. The molecule has 11 rings (SSSR count). The van der Waals surface area contributed by atoms with E-state index in [2.05, 4.69) is 197 Å². The van der Waals surface area contributed by atoms with Crippen LogP contribution in [-0.2, 0) is 10.8 Å². The van der Waals surface area contributed by atoms with Crippen molar-refractivity contribution in [3.63, 3.8) is 0 Å². The molecule has 0 aliphatic carbocycles. The number of imidazole rings is 1. The zero-order valence-electron chi connectivity index (χ0n) is 36.6. The van der Waals surface area contributed by atoms with Crippen LogP contribution in [0.25, 0.3) is 94.3 Å². The summed E-state index contributed by atoms with van der Waals surface area (Å²) in [5, 5.41) is 15.9. The Hall–Kier alpha value is -7.76. The number of furan rings is 1. The number of hydrogen-bond acceptors (Lipinski definition) is 4. The first-order valence-electron chi connectivity index (χ1n) is 21.9. The van der Waals surface area contributed by atoms with Crippen LogP contribution < -0.4 is 0 Å². The third kappa shape index (κ3) is 6.55. The summed E-state index contributed by atoms with van der Waals surface area (Å²) in [4.78, 5) is 10.7. The van der Waals surface area contributed by atoms with Crippen LogP contribution in [0, 0.1) is 0 Å². The number of fused-ring (bicyclic) bond motifs is 6. The van der Waals surface area contributed by atoms with Gasteiger partial charge in [-0.25, -0.2) is 4.98 Å². The van der Waals surface area contributed by atoms with Crippen molar-refractivity contribution in [2.45, 2.75) is 45.4 Å². The summed E-state index contributed by atoms with van der Waals surface area (Å²) in [6.07, 6.45) is 1.97. The summed E-state index contributed by atoms with van der Waals surface area (Å²) in [5.74, 6) is 0.828. The van der Waals surface area contributed by atoms with Crippen molar-refractivity contribution in [1.82, 2.24) is 14.5 Å². The molecular formula is C59H47N3O2. The first kappa shape index (κ1) is 39.1. The van der Waals surface area contributed by atoms with E-state index in [1.165, 1.54) is 16.5 Å². The summed E-state index contributed by atoms with van der Waals surface area (Å²) >= 11 is 0. The average Bonchev–Trinajstić information content (AvgIpc) is 3.90. The van der Waals surface area contributed by atoms with E-state index in [0.29, 0.717) is 11.4 Å². The molecule has 0 radical (unpaired) electrons. The van der Waals surface area contributed by atoms with Gasteiger partial charge in [0.05, 0.1) is 28.0 Å². The molecule has 5 nitrogen and oxygen atoms in total. The highest BCUT2D eigenvalue weighted by Gasteiger charge is 2.27. The predicted molar refractivity (Wildman–Crippen MR) is 264 cm³/mol. The molecule has 64 heavy (non-hydrogen) atoms. The monoisotopic (exact) mass is 829 g/mol. The molecule has 1 N–H and O–H groups in total. The lowest BCUT2D eigenvalue weighted by molar-refractivity contribution is 0.477. The second kappa shape index (κ2) is 15.0. The number of aromatic hydroxyl groups is 1. The number of rotatable bonds is 7. The zero-order chi connectivity index (χ0) is 43.7. The maximum Gasteiger partial charge on any atom is 0.149 e. The molecule has 3 heterocycles. The van der Waals surface area contributed by atoms with Crippen molar-refractivity contribution in [1.29, 1.82) is 0 Å². The van der Waals surface area contributed by atoms with Gasteiger partial charge in [-0.3, -0.25) is 9.55 Å². The maximum atomic E-state index is 11.5. The van der Waals surface area contributed by atoms with Crippen molar-refractivity contribution in [3.05, 3.63) is 205 Å². The van der Waals surface area contributed by atoms with Crippen LogP contribution in [0.1, 0.15) is 51.3 Å². The highest BCUT2D eigenvalue weighted by atomic mass is 16.3. The van der Waals surface area contributed by atoms with Crippen LogP contribution in [0.3, 0.4) is 0 Å². The second-order valence-electron chi connectivity index (χ2n) is 18.4. The minimum Gasteiger partial charge on any atom is -0.507 e. The molecular weight excluding hydrogens is 783 g/mol. The fourth-order valence-electron chi connectivity index (χ4n) is 9.38. The van der Waals surface area contributed by atoms with Crippen molar-refractivity contribution in [2.24, 2.45) is 0 Å². The third-order valence-corrected chi connectivity index (χ3v) is 13.0. The molecule has 0 saturated carbocycles. The predicted octanol–water partition coefficient (Wildman–Crippen LogP) is 15.5. The van der Waals surface area contributed by atoms with Gasteiger partial charge in [0.1, 0.15) is 22.7 Å². The van der Waals surface area contributed by atoms with E-state index in [1.807, 2.05) is 24.4 Å². The number of aromatic nitrogens is 3. The molecule has 8 aromatic carbocycles. The van der Waals surface area contributed by atoms with Crippen molar-refractivity contribution < 1.29 is 9.52 Å². The number of para-hydroxylation sites is 2. The zero-order valence-corrected chi connectivity index (χ0v) is 36.6. The lowest BCUT2D eigenvalue weighted by Gasteiger charge is -2.27. The normalized spacial score (nSPS) is 12.2. The Balaban J connectivity index is 1.17. The summed E-state index contributed by atoms with van der Waals surface area (Å²) in [7, 11) is 0. The van der Waals surface area contributed by atoms with Crippen LogP contribution >= 0.6 is 0 Å². The highest BCUT2D eigenvalue weighted by Crippen LogP contribution is 2.44. The fourth-order valence-corrected chi connectivity index (χ4v) is 9.38. The van der Waals surface area contributed by atoms with Crippen LogP contribution in [0.5, 0.6) is 5.75 Å². The summed E-state index contributed by atoms with van der Waals surface area (Å²) in [6.45, 7) is 11.3. The number of nitrogens with zero attached hydrogens (tertiary/aromatic N) is 3. The maximum absolute atomic E-state index is 11.5. The smallest absolute Gasteiger partial charge is 0.149 e. The van der Waals surface area contributed by atoms with E-state index in [4.69, 9.17) is 14.4 Å². The van der Waals surface area contributed by atoms with Gasteiger partial charge in [-0.15, -0.1) is 0 Å². The lowest BCUT2D eigenvalue weighted by Crippen LogP contribution is -2.19. The van der Waals surface area contributed by atoms with Crippen LogP contribution in [0.15, 0.2) is 193 Å². The molecule has 0 bridgehead atoms. The Labute approximate surface area is 373 Å². The molecule has 310 valence electrons. The van der Waals surface area contributed by atoms with Crippen molar-refractivity contribution in [3.8, 4) is 56.3 Å². The highest BCUT2D eigenvalue weighted by molar-refractivity contribution is 6.18. The quantitative estimate of drug-likeness (QED) is 0.174. The van der Waals surface area contributed by atoms with Crippen molar-refractivity contribution in [2.75, 3.05) is 0 Å². The molecule has 0 aliphatic rings. The van der Waals surface area contributed by atoms with E-state index < -0.39 is 0 Å². The molecule has 0 unspecified atom stereocenters. The Morgan fingerprint density at radius 3 is 2.03 bits per heavy atom. The van der Waals surface area contributed by atoms with Crippen LogP contribution in [-0.4, -0.2) is 19.6 Å². The fraction of sp³-hybridized carbons (Fsp3) is 0.119. The van der Waals surface area contributed by atoms with Crippen LogP contribution in [0.2, 0.25) is 0 Å². The number of hydrogen-bond donors (Lipinski definition) is 1. The molecule has 3 aromatic heterocycles. The molecule has 11 aromatic rings. The minimum atomic E-state index is -0.359. The first-order chi connectivity index (χ1) is 31.0. The van der Waals surface area contributed by atoms with Gasteiger partial charge in [-0.05, 0) is 92.5 Å². The topological polar surface area (TPSA) is 64.1 Å². The van der Waals surface area contributed by atoms with E-state index >= 15 is 0 Å². The van der Waals surface area contributed by atoms with Gasteiger partial charge in [0.15, 0.2) is 0 Å². The number of phenolic OH excluding ortho intramolecular Hbond substituents is 1. The molecule has 0 spiro atoms. The minimum absolute atomic E-state index is 0.0683. The van der Waals surface area contributed by atoms with Crippen molar-refractivity contribution >= 4 is 43.7 Å². The second-order valence-corrected chi connectivity index (χ2v) is 18.4. The van der Waals surface area contributed by atoms with Gasteiger partial charge in [-0.1, -0.05) is 162 Å². The summed E-state index contributed by atoms with van der Waals surface area (Å²) in [6, 6.07) is 63.4. The van der Waals surface area contributed by atoms with Gasteiger partial charge >= 0.3 is 0 Å². The largest absolute Gasteiger partial charge is 0.507 e. The molecule has 0 fully saturated rings. The molecule has 0 aliphatic heterocycles. The van der Waals surface area contributed by atoms with Gasteiger partial charge in [0.25, 0.3) is 0 Å². The van der Waals surface area contributed by atoms with E-state index in [-0.39, 0.29) is 16.6 Å². The Bertz CT molecular complexity index is 3570. The van der Waals surface area contributed by atoms with Gasteiger partial charge in [-0.2, -0.15) is 0 Å². The number of benzene rings is 8. The third-order valence-electron chi connectivity index (χ3n) is 13.0. The van der Waals surface area contributed by atoms with Gasteiger partial charge in [0.2, 0.25) is 0 Å². The van der Waals surface area contributed by atoms with E-state index in [1.54, 1.807) is 6.07 Å². The van der Waals surface area contributed by atoms with Crippen LogP contribution in [0.4, 0.5) is 0 Å². The number of phenols is 1. The van der Waals surface area contributed by atoms with E-state index in [9.17, 15) is 5.11 Å². The Kier molecular flexibility index (Phi) is 9.14. The molecule has 0 saturated heterocycles. The summed E-state index contributed by atoms with van der Waals surface area (Å²) in [5.41, 5.74) is 14.2. The van der Waals surface area contributed by atoms with E-state index in [0.717, 1.165) is 83.1 Å². The molecule has 0 atom stereocenters. The van der Waals surface area contributed by atoms with Gasteiger partial charge in [0, 0.05) is 45.1 Å². The number of pyridine rings is 1. The molecule has 0 amide bonds.